The van der Waals surface area contributed by atoms with E-state index in [2.05, 4.69) is 30.8 Å². The van der Waals surface area contributed by atoms with E-state index in [0.29, 0.717) is 5.92 Å². The van der Waals surface area contributed by atoms with E-state index in [0.717, 1.165) is 11.4 Å². The second-order valence-corrected chi connectivity index (χ2v) is 4.50. The molecule has 18 heavy (non-hydrogen) atoms. The molecule has 1 aromatic carbocycles. The van der Waals surface area contributed by atoms with Gasteiger partial charge in [0.25, 0.3) is 0 Å². The molecule has 1 atom stereocenters. The van der Waals surface area contributed by atoms with E-state index in [4.69, 9.17) is 5.73 Å². The summed E-state index contributed by atoms with van der Waals surface area (Å²) in [5, 5.41) is 4.28. The second-order valence-electron chi connectivity index (χ2n) is 4.50. The molecule has 2 aromatic rings. The molecule has 0 radical (unpaired) electrons. The van der Waals surface area contributed by atoms with Crippen molar-refractivity contribution in [3.63, 3.8) is 0 Å². The molecular weight excluding hydrogens is 222 g/mol. The normalized spacial score (nSPS) is 12.0. The van der Waals surface area contributed by atoms with Gasteiger partial charge in [-0.25, -0.2) is 4.68 Å². The van der Waals surface area contributed by atoms with Gasteiger partial charge in [-0.1, -0.05) is 38.0 Å². The maximum atomic E-state index is 5.92. The zero-order chi connectivity index (χ0) is 13.0. The monoisotopic (exact) mass is 239 g/mol. The van der Waals surface area contributed by atoms with Crippen molar-refractivity contribution in [3.05, 3.63) is 48.3 Å². The summed E-state index contributed by atoms with van der Waals surface area (Å²) in [5.74, 6) is 6.51. The average Bonchev–Trinajstić information content (AvgIpc) is 2.85. The molecule has 0 saturated heterocycles. The highest BCUT2D eigenvalue weighted by Gasteiger charge is 2.04. The van der Waals surface area contributed by atoms with Crippen molar-refractivity contribution < 1.29 is 0 Å². The van der Waals surface area contributed by atoms with Gasteiger partial charge in [0, 0.05) is 0 Å². The fraction of sp³-hybridized carbons (Fsp3) is 0.267. The summed E-state index contributed by atoms with van der Waals surface area (Å²) in [6, 6.07) is 11.7. The predicted octanol–water partition coefficient (Wildman–Crippen LogP) is 2.21. The van der Waals surface area contributed by atoms with Crippen molar-refractivity contribution in [2.75, 3.05) is 0 Å². The molecule has 0 fully saturated rings. The molecule has 2 N–H and O–H groups in total. The Bertz CT molecular complexity index is 558. The molecular formula is C15H17N3. The van der Waals surface area contributed by atoms with Crippen LogP contribution in [0.5, 0.6) is 0 Å². The van der Waals surface area contributed by atoms with E-state index < -0.39 is 0 Å². The molecule has 1 unspecified atom stereocenters. The summed E-state index contributed by atoms with van der Waals surface area (Å²) >= 11 is 0. The molecule has 3 heteroatoms. The number of nitrogens with zero attached hydrogens (tertiary/aromatic N) is 2. The maximum absolute atomic E-state index is 5.92. The van der Waals surface area contributed by atoms with Crippen molar-refractivity contribution in [1.29, 1.82) is 0 Å². The molecule has 0 aliphatic carbocycles. The zero-order valence-electron chi connectivity index (χ0n) is 10.7. The van der Waals surface area contributed by atoms with Crippen LogP contribution >= 0.6 is 0 Å². The molecule has 0 aliphatic rings. The molecule has 0 bridgehead atoms. The summed E-state index contributed by atoms with van der Waals surface area (Å²) in [4.78, 5) is 0. The summed E-state index contributed by atoms with van der Waals surface area (Å²) in [6.45, 7) is 4.13. The fourth-order valence-electron chi connectivity index (χ4n) is 1.50. The van der Waals surface area contributed by atoms with Gasteiger partial charge in [-0.3, -0.25) is 0 Å². The topological polar surface area (TPSA) is 43.8 Å². The number of nitrogens with two attached hydrogens (primary N) is 1. The van der Waals surface area contributed by atoms with E-state index in [-0.39, 0.29) is 6.04 Å². The van der Waals surface area contributed by atoms with Crippen molar-refractivity contribution in [3.8, 4) is 17.5 Å². The fourth-order valence-corrected chi connectivity index (χ4v) is 1.50. The molecule has 2 rings (SSSR count). The lowest BCUT2D eigenvalue weighted by Gasteiger charge is -2.07. The molecule has 0 spiro atoms. The van der Waals surface area contributed by atoms with Crippen LogP contribution in [0.25, 0.3) is 5.69 Å². The van der Waals surface area contributed by atoms with E-state index >= 15 is 0 Å². The van der Waals surface area contributed by atoms with Gasteiger partial charge >= 0.3 is 0 Å². The lowest BCUT2D eigenvalue weighted by atomic mass is 10.1. The molecule has 92 valence electrons. The summed E-state index contributed by atoms with van der Waals surface area (Å²) < 4.78 is 1.82. The van der Waals surface area contributed by atoms with Gasteiger partial charge < -0.3 is 5.73 Å². The van der Waals surface area contributed by atoms with Gasteiger partial charge in [0.15, 0.2) is 0 Å². The number of aromatic nitrogens is 2. The van der Waals surface area contributed by atoms with Crippen molar-refractivity contribution >= 4 is 0 Å². The zero-order valence-corrected chi connectivity index (χ0v) is 10.7. The first kappa shape index (κ1) is 12.4. The Labute approximate surface area is 108 Å². The van der Waals surface area contributed by atoms with Crippen LogP contribution in [-0.2, 0) is 0 Å². The van der Waals surface area contributed by atoms with Crippen molar-refractivity contribution in [1.82, 2.24) is 9.78 Å². The largest absolute Gasteiger partial charge is 0.317 e. The highest BCUT2D eigenvalue weighted by atomic mass is 15.3. The first-order chi connectivity index (χ1) is 8.68. The van der Waals surface area contributed by atoms with Crippen LogP contribution in [0.4, 0.5) is 0 Å². The second kappa shape index (κ2) is 5.52. The van der Waals surface area contributed by atoms with E-state index in [9.17, 15) is 0 Å². The third kappa shape index (κ3) is 2.79. The van der Waals surface area contributed by atoms with E-state index in [1.54, 1.807) is 6.20 Å². The van der Waals surface area contributed by atoms with Gasteiger partial charge in [0.1, 0.15) is 5.69 Å². The summed E-state index contributed by atoms with van der Waals surface area (Å²) in [7, 11) is 0. The summed E-state index contributed by atoms with van der Waals surface area (Å²) in [5.41, 5.74) is 7.78. The number of benzene rings is 1. The SMILES string of the molecule is CC(C)C(N)C#Cc1ccnn1-c1ccccc1. The molecule has 3 nitrogen and oxygen atoms in total. The lowest BCUT2D eigenvalue weighted by Crippen LogP contribution is -2.24. The van der Waals surface area contributed by atoms with Crippen LogP contribution in [0, 0.1) is 17.8 Å². The first-order valence-electron chi connectivity index (χ1n) is 6.05. The van der Waals surface area contributed by atoms with Crippen LogP contribution in [0.1, 0.15) is 19.5 Å². The van der Waals surface area contributed by atoms with Crippen LogP contribution < -0.4 is 5.73 Å². The van der Waals surface area contributed by atoms with Gasteiger partial charge in [-0.2, -0.15) is 5.10 Å². The quantitative estimate of drug-likeness (QED) is 0.816. The number of rotatable bonds is 2. The van der Waals surface area contributed by atoms with Crippen molar-refractivity contribution in [2.24, 2.45) is 11.7 Å². The predicted molar refractivity (Wildman–Crippen MR) is 73.3 cm³/mol. The van der Waals surface area contributed by atoms with Crippen LogP contribution in [0.15, 0.2) is 42.6 Å². The van der Waals surface area contributed by atoms with Crippen LogP contribution in [0.2, 0.25) is 0 Å². The Kier molecular flexibility index (Phi) is 3.81. The minimum atomic E-state index is -0.107. The molecule has 1 heterocycles. The number of hydrogen-bond acceptors (Lipinski definition) is 2. The van der Waals surface area contributed by atoms with Crippen LogP contribution in [0.3, 0.4) is 0 Å². The van der Waals surface area contributed by atoms with Crippen molar-refractivity contribution in [2.45, 2.75) is 19.9 Å². The molecule has 0 saturated carbocycles. The Hall–Kier alpha value is -2.05. The standard InChI is InChI=1S/C15H17N3/c1-12(2)15(16)9-8-14-10-11-17-18(14)13-6-4-3-5-7-13/h3-7,10-12,15H,16H2,1-2H3. The van der Waals surface area contributed by atoms with E-state index in [1.165, 1.54) is 0 Å². The smallest absolute Gasteiger partial charge is 0.117 e. The average molecular weight is 239 g/mol. The highest BCUT2D eigenvalue weighted by molar-refractivity contribution is 5.38. The molecule has 1 aromatic heterocycles. The molecule has 0 aliphatic heterocycles. The van der Waals surface area contributed by atoms with E-state index in [1.807, 2.05) is 41.1 Å². The Balaban J connectivity index is 2.29. The van der Waals surface area contributed by atoms with Crippen LogP contribution in [-0.4, -0.2) is 15.8 Å². The third-order valence-corrected chi connectivity index (χ3v) is 2.73. The first-order valence-corrected chi connectivity index (χ1v) is 6.05. The van der Waals surface area contributed by atoms with Gasteiger partial charge in [0.2, 0.25) is 0 Å². The highest BCUT2D eigenvalue weighted by Crippen LogP contribution is 2.08. The number of para-hydroxylation sites is 1. The van der Waals surface area contributed by atoms with Gasteiger partial charge in [-0.05, 0) is 30.0 Å². The number of hydrogen-bond donors (Lipinski definition) is 1. The molecule has 0 amide bonds. The Morgan fingerprint density at radius 2 is 1.89 bits per heavy atom. The third-order valence-electron chi connectivity index (χ3n) is 2.73. The lowest BCUT2D eigenvalue weighted by molar-refractivity contribution is 0.584. The van der Waals surface area contributed by atoms with Gasteiger partial charge in [0.05, 0.1) is 17.9 Å². The van der Waals surface area contributed by atoms with Gasteiger partial charge in [-0.15, -0.1) is 0 Å². The Morgan fingerprint density at radius 1 is 1.17 bits per heavy atom. The summed E-state index contributed by atoms with van der Waals surface area (Å²) in [6.07, 6.45) is 1.75. The maximum Gasteiger partial charge on any atom is 0.117 e. The minimum Gasteiger partial charge on any atom is -0.317 e. The Morgan fingerprint density at radius 3 is 2.56 bits per heavy atom. The minimum absolute atomic E-state index is 0.107.